The van der Waals surface area contributed by atoms with Crippen molar-refractivity contribution in [1.82, 2.24) is 4.98 Å². The maximum Gasteiger partial charge on any atom is 0.295 e. The van der Waals surface area contributed by atoms with Gasteiger partial charge in [-0.3, -0.25) is 0 Å². The predicted octanol–water partition coefficient (Wildman–Crippen LogP) is 0.506. The van der Waals surface area contributed by atoms with E-state index in [0.717, 1.165) is 24.5 Å². The second kappa shape index (κ2) is 3.98. The average molecular weight is 197 g/mol. The zero-order valence-electron chi connectivity index (χ0n) is 8.25. The van der Waals surface area contributed by atoms with Gasteiger partial charge < -0.3 is 20.2 Å². The van der Waals surface area contributed by atoms with Gasteiger partial charge >= 0.3 is 0 Å². The number of fused-ring (bicyclic) bond motifs is 1. The SMILES string of the molecule is CC(N)CNc1nc2c(o1)COCC2. The van der Waals surface area contributed by atoms with Crippen molar-refractivity contribution < 1.29 is 9.15 Å². The van der Waals surface area contributed by atoms with Crippen molar-refractivity contribution in [2.45, 2.75) is 26.0 Å². The van der Waals surface area contributed by atoms with E-state index in [-0.39, 0.29) is 6.04 Å². The quantitative estimate of drug-likeness (QED) is 0.738. The van der Waals surface area contributed by atoms with Crippen LogP contribution in [0.4, 0.5) is 6.01 Å². The second-order valence-electron chi connectivity index (χ2n) is 3.55. The van der Waals surface area contributed by atoms with Crippen molar-refractivity contribution in [1.29, 1.82) is 0 Å². The number of nitrogens with zero attached hydrogens (tertiary/aromatic N) is 1. The molecule has 2 rings (SSSR count). The summed E-state index contributed by atoms with van der Waals surface area (Å²) in [6, 6.07) is 0.646. The third-order valence-electron chi connectivity index (χ3n) is 2.07. The van der Waals surface area contributed by atoms with E-state index in [1.54, 1.807) is 0 Å². The lowest BCUT2D eigenvalue weighted by molar-refractivity contribution is 0.0940. The van der Waals surface area contributed by atoms with Crippen LogP contribution in [0.1, 0.15) is 18.4 Å². The Hall–Kier alpha value is -1.07. The molecule has 0 spiro atoms. The molecule has 78 valence electrons. The molecule has 0 aromatic carbocycles. The summed E-state index contributed by atoms with van der Waals surface area (Å²) in [5, 5.41) is 3.04. The largest absolute Gasteiger partial charge is 0.426 e. The van der Waals surface area contributed by atoms with Gasteiger partial charge in [-0.05, 0) is 6.92 Å². The Bertz CT molecular complexity index is 286. The molecule has 14 heavy (non-hydrogen) atoms. The van der Waals surface area contributed by atoms with Crippen molar-refractivity contribution in [3.05, 3.63) is 11.5 Å². The Labute approximate surface area is 82.6 Å². The lowest BCUT2D eigenvalue weighted by Gasteiger charge is -2.07. The Morgan fingerprint density at radius 3 is 3.21 bits per heavy atom. The minimum Gasteiger partial charge on any atom is -0.426 e. The standard InChI is InChI=1S/C9H15N3O2/c1-6(10)4-11-9-12-7-2-3-13-5-8(7)14-9/h6H,2-5,10H2,1H3,(H,11,12). The molecule has 0 radical (unpaired) electrons. The Balaban J connectivity index is 2.01. The summed E-state index contributed by atoms with van der Waals surface area (Å²) in [5.74, 6) is 0.837. The fourth-order valence-electron chi connectivity index (χ4n) is 1.35. The van der Waals surface area contributed by atoms with Gasteiger partial charge in [-0.15, -0.1) is 0 Å². The van der Waals surface area contributed by atoms with Gasteiger partial charge in [-0.1, -0.05) is 0 Å². The number of hydrogen-bond acceptors (Lipinski definition) is 5. The Morgan fingerprint density at radius 1 is 1.64 bits per heavy atom. The first kappa shape index (κ1) is 9.48. The maximum absolute atomic E-state index is 5.61. The van der Waals surface area contributed by atoms with Crippen LogP contribution in [0.25, 0.3) is 0 Å². The number of nitrogens with one attached hydrogen (secondary N) is 1. The fourth-order valence-corrected chi connectivity index (χ4v) is 1.35. The molecule has 1 aliphatic rings. The van der Waals surface area contributed by atoms with Crippen LogP contribution in [0.5, 0.6) is 0 Å². The molecule has 0 aliphatic carbocycles. The van der Waals surface area contributed by atoms with Crippen LogP contribution in [0, 0.1) is 0 Å². The highest BCUT2D eigenvalue weighted by Crippen LogP contribution is 2.20. The molecule has 0 bridgehead atoms. The average Bonchev–Trinajstić information content (AvgIpc) is 2.57. The lowest BCUT2D eigenvalue weighted by Crippen LogP contribution is -2.25. The highest BCUT2D eigenvalue weighted by molar-refractivity contribution is 5.26. The highest BCUT2D eigenvalue weighted by atomic mass is 16.5. The van der Waals surface area contributed by atoms with Crippen LogP contribution in [0.2, 0.25) is 0 Å². The van der Waals surface area contributed by atoms with Crippen molar-refractivity contribution in [2.75, 3.05) is 18.5 Å². The van der Waals surface area contributed by atoms with E-state index in [0.29, 0.717) is 19.2 Å². The van der Waals surface area contributed by atoms with Gasteiger partial charge in [-0.2, -0.15) is 4.98 Å². The van der Waals surface area contributed by atoms with Gasteiger partial charge in [0.2, 0.25) is 0 Å². The number of aromatic nitrogens is 1. The molecule has 0 amide bonds. The summed E-state index contributed by atoms with van der Waals surface area (Å²) in [6.07, 6.45) is 0.832. The molecule has 3 N–H and O–H groups in total. The second-order valence-corrected chi connectivity index (χ2v) is 3.55. The monoisotopic (exact) mass is 197 g/mol. The van der Waals surface area contributed by atoms with E-state index in [2.05, 4.69) is 10.3 Å². The third-order valence-corrected chi connectivity index (χ3v) is 2.07. The molecule has 1 aromatic heterocycles. The number of rotatable bonds is 3. The molecule has 1 atom stereocenters. The number of hydrogen-bond donors (Lipinski definition) is 2. The van der Waals surface area contributed by atoms with Crippen LogP contribution in [0.15, 0.2) is 4.42 Å². The summed E-state index contributed by atoms with van der Waals surface area (Å²) in [7, 11) is 0. The number of oxazole rings is 1. The van der Waals surface area contributed by atoms with E-state index in [4.69, 9.17) is 14.9 Å². The van der Waals surface area contributed by atoms with E-state index in [9.17, 15) is 0 Å². The van der Waals surface area contributed by atoms with Crippen LogP contribution in [0.3, 0.4) is 0 Å². The predicted molar refractivity (Wildman–Crippen MR) is 52.0 cm³/mol. The molecular weight excluding hydrogens is 182 g/mol. The summed E-state index contributed by atoms with van der Waals surface area (Å²) >= 11 is 0. The lowest BCUT2D eigenvalue weighted by atomic mass is 10.2. The molecule has 5 nitrogen and oxygen atoms in total. The molecule has 5 heteroatoms. The molecule has 1 aromatic rings. The van der Waals surface area contributed by atoms with Gasteiger partial charge in [-0.25, -0.2) is 0 Å². The van der Waals surface area contributed by atoms with Gasteiger partial charge in [0, 0.05) is 19.0 Å². The zero-order chi connectivity index (χ0) is 9.97. The maximum atomic E-state index is 5.61. The van der Waals surface area contributed by atoms with Crippen molar-refractivity contribution in [2.24, 2.45) is 5.73 Å². The molecule has 0 saturated heterocycles. The van der Waals surface area contributed by atoms with Gasteiger partial charge in [0.25, 0.3) is 6.01 Å². The Kier molecular flexibility index (Phi) is 2.69. The number of nitrogens with two attached hydrogens (primary N) is 1. The van der Waals surface area contributed by atoms with Gasteiger partial charge in [0.05, 0.1) is 12.3 Å². The number of ether oxygens (including phenoxy) is 1. The minimum absolute atomic E-state index is 0.0928. The third kappa shape index (κ3) is 2.05. The van der Waals surface area contributed by atoms with Crippen molar-refractivity contribution in [3.63, 3.8) is 0 Å². The van der Waals surface area contributed by atoms with Crippen molar-refractivity contribution >= 4 is 6.01 Å². The molecule has 1 unspecified atom stereocenters. The summed E-state index contributed by atoms with van der Waals surface area (Å²) in [4.78, 5) is 4.31. The summed E-state index contributed by atoms with van der Waals surface area (Å²) in [5.41, 5.74) is 6.61. The molecule has 0 saturated carbocycles. The zero-order valence-corrected chi connectivity index (χ0v) is 8.25. The van der Waals surface area contributed by atoms with Crippen LogP contribution < -0.4 is 11.1 Å². The smallest absolute Gasteiger partial charge is 0.295 e. The first-order valence-corrected chi connectivity index (χ1v) is 4.81. The van der Waals surface area contributed by atoms with Crippen LogP contribution in [-0.2, 0) is 17.8 Å². The molecule has 0 fully saturated rings. The van der Waals surface area contributed by atoms with Crippen molar-refractivity contribution in [3.8, 4) is 0 Å². The summed E-state index contributed by atoms with van der Waals surface area (Å²) < 4.78 is 10.7. The molecule has 2 heterocycles. The normalized spacial score (nSPS) is 17.6. The van der Waals surface area contributed by atoms with E-state index >= 15 is 0 Å². The first-order valence-electron chi connectivity index (χ1n) is 4.81. The highest BCUT2D eigenvalue weighted by Gasteiger charge is 2.17. The first-order chi connectivity index (χ1) is 6.75. The van der Waals surface area contributed by atoms with Gasteiger partial charge in [0.15, 0.2) is 5.76 Å². The van der Waals surface area contributed by atoms with E-state index < -0.39 is 0 Å². The minimum atomic E-state index is 0.0928. The fraction of sp³-hybridized carbons (Fsp3) is 0.667. The van der Waals surface area contributed by atoms with Crippen LogP contribution in [-0.4, -0.2) is 24.2 Å². The molecule has 1 aliphatic heterocycles. The van der Waals surface area contributed by atoms with E-state index in [1.807, 2.05) is 6.92 Å². The number of anilines is 1. The van der Waals surface area contributed by atoms with E-state index in [1.165, 1.54) is 0 Å². The summed E-state index contributed by atoms with van der Waals surface area (Å²) in [6.45, 7) is 3.85. The Morgan fingerprint density at radius 2 is 2.50 bits per heavy atom. The van der Waals surface area contributed by atoms with Gasteiger partial charge in [0.1, 0.15) is 6.61 Å². The molecular formula is C9H15N3O2. The van der Waals surface area contributed by atoms with Crippen LogP contribution >= 0.6 is 0 Å². The topological polar surface area (TPSA) is 73.3 Å².